The van der Waals surface area contributed by atoms with E-state index in [-0.39, 0.29) is 11.9 Å². The molecule has 0 aliphatic heterocycles. The Balaban J connectivity index is 1.63. The molecule has 0 bridgehead atoms. The number of aryl methyl sites for hydroxylation is 2. The third-order valence-corrected chi connectivity index (χ3v) is 4.97. The summed E-state index contributed by atoms with van der Waals surface area (Å²) in [6, 6.07) is 13.9. The van der Waals surface area contributed by atoms with Crippen molar-refractivity contribution in [3.63, 3.8) is 0 Å². The zero-order valence-corrected chi connectivity index (χ0v) is 15.7. The molecule has 0 spiro atoms. The largest absolute Gasteiger partial charge is 0.493 e. The molecule has 0 saturated carbocycles. The molecule has 138 valence electrons. The summed E-state index contributed by atoms with van der Waals surface area (Å²) in [5.41, 5.74) is 4.02. The summed E-state index contributed by atoms with van der Waals surface area (Å²) in [5.74, 6) is 1.05. The number of nitrogens with one attached hydrogen (secondary N) is 1. The lowest BCUT2D eigenvalue weighted by Crippen LogP contribution is -2.37. The number of methoxy groups -OCH3 is 1. The molecule has 1 amide bonds. The smallest absolute Gasteiger partial charge is 0.261 e. The van der Waals surface area contributed by atoms with Crippen molar-refractivity contribution in [2.75, 3.05) is 7.11 Å². The van der Waals surface area contributed by atoms with E-state index in [0.717, 1.165) is 12.0 Å². The summed E-state index contributed by atoms with van der Waals surface area (Å²) in [6.45, 7) is 3.76. The van der Waals surface area contributed by atoms with Crippen LogP contribution in [0.25, 0.3) is 0 Å². The average molecular weight is 353 g/mol. The van der Waals surface area contributed by atoms with Gasteiger partial charge in [0, 0.05) is 0 Å². The van der Waals surface area contributed by atoms with E-state index in [0.29, 0.717) is 11.5 Å². The standard InChI is InChI=1S/C22H27NO3/c1-15(18-13-12-17-8-4-5-9-19(17)14-18)23-22(24)16(2)26-21-11-7-6-10-20(21)25-3/h6-7,10-16H,4-5,8-9H2,1-3H3,(H,23,24)/t15-,16+/m1/s1. The number of benzene rings is 2. The van der Waals surface area contributed by atoms with Crippen LogP contribution in [0.3, 0.4) is 0 Å². The van der Waals surface area contributed by atoms with E-state index in [9.17, 15) is 4.79 Å². The molecule has 0 unspecified atom stereocenters. The Morgan fingerprint density at radius 1 is 1.00 bits per heavy atom. The number of hydrogen-bond acceptors (Lipinski definition) is 3. The van der Waals surface area contributed by atoms with Crippen molar-refractivity contribution in [1.29, 1.82) is 0 Å². The van der Waals surface area contributed by atoms with Crippen LogP contribution in [-0.4, -0.2) is 19.1 Å². The molecule has 1 N–H and O–H groups in total. The molecule has 0 aromatic heterocycles. The highest BCUT2D eigenvalue weighted by Crippen LogP contribution is 2.27. The van der Waals surface area contributed by atoms with E-state index < -0.39 is 6.10 Å². The fraction of sp³-hybridized carbons (Fsp3) is 0.409. The van der Waals surface area contributed by atoms with E-state index in [2.05, 4.69) is 23.5 Å². The predicted octanol–water partition coefficient (Wildman–Crippen LogP) is 4.22. The maximum atomic E-state index is 12.5. The van der Waals surface area contributed by atoms with Crippen molar-refractivity contribution < 1.29 is 14.3 Å². The van der Waals surface area contributed by atoms with Crippen molar-refractivity contribution in [3.8, 4) is 11.5 Å². The van der Waals surface area contributed by atoms with Crippen LogP contribution in [0.4, 0.5) is 0 Å². The fourth-order valence-electron chi connectivity index (χ4n) is 3.40. The molecule has 4 heteroatoms. The first kappa shape index (κ1) is 18.3. The molecule has 2 aromatic carbocycles. The van der Waals surface area contributed by atoms with Gasteiger partial charge in [0.2, 0.25) is 0 Å². The van der Waals surface area contributed by atoms with Gasteiger partial charge in [-0.15, -0.1) is 0 Å². The second kappa shape index (κ2) is 8.26. The summed E-state index contributed by atoms with van der Waals surface area (Å²) < 4.78 is 11.1. The van der Waals surface area contributed by atoms with Crippen LogP contribution in [0.15, 0.2) is 42.5 Å². The van der Waals surface area contributed by atoms with E-state index in [1.165, 1.54) is 30.4 Å². The van der Waals surface area contributed by atoms with Crippen molar-refractivity contribution >= 4 is 5.91 Å². The number of carbonyl (C=O) groups excluding carboxylic acids is 1. The van der Waals surface area contributed by atoms with Gasteiger partial charge >= 0.3 is 0 Å². The zero-order chi connectivity index (χ0) is 18.5. The molecule has 4 nitrogen and oxygen atoms in total. The average Bonchev–Trinajstić information content (AvgIpc) is 2.67. The minimum Gasteiger partial charge on any atom is -0.493 e. The Morgan fingerprint density at radius 2 is 1.69 bits per heavy atom. The molecule has 3 rings (SSSR count). The van der Waals surface area contributed by atoms with Crippen LogP contribution in [0.1, 0.15) is 49.4 Å². The van der Waals surface area contributed by atoms with Gasteiger partial charge in [-0.2, -0.15) is 0 Å². The number of para-hydroxylation sites is 2. The van der Waals surface area contributed by atoms with Gasteiger partial charge in [-0.1, -0.05) is 30.3 Å². The monoisotopic (exact) mass is 353 g/mol. The first-order valence-electron chi connectivity index (χ1n) is 9.30. The molecule has 26 heavy (non-hydrogen) atoms. The first-order chi connectivity index (χ1) is 12.6. The van der Waals surface area contributed by atoms with Crippen LogP contribution >= 0.6 is 0 Å². The molecule has 1 aliphatic carbocycles. The molecule has 2 atom stereocenters. The Bertz CT molecular complexity index is 772. The summed E-state index contributed by atoms with van der Waals surface area (Å²) in [6.07, 6.45) is 4.22. The van der Waals surface area contributed by atoms with Gasteiger partial charge in [0.05, 0.1) is 13.2 Å². The molecule has 0 saturated heterocycles. The predicted molar refractivity (Wildman–Crippen MR) is 103 cm³/mol. The molecule has 0 radical (unpaired) electrons. The number of amides is 1. The van der Waals surface area contributed by atoms with Crippen LogP contribution in [-0.2, 0) is 17.6 Å². The van der Waals surface area contributed by atoms with Gasteiger partial charge in [0.25, 0.3) is 5.91 Å². The molecule has 0 fully saturated rings. The quantitative estimate of drug-likeness (QED) is 0.846. The maximum absolute atomic E-state index is 12.5. The second-order valence-corrected chi connectivity index (χ2v) is 6.88. The van der Waals surface area contributed by atoms with Crippen molar-refractivity contribution in [3.05, 3.63) is 59.2 Å². The molecule has 1 aliphatic rings. The van der Waals surface area contributed by atoms with Crippen molar-refractivity contribution in [2.45, 2.75) is 51.7 Å². The van der Waals surface area contributed by atoms with E-state index in [4.69, 9.17) is 9.47 Å². The Hall–Kier alpha value is -2.49. The number of carbonyl (C=O) groups is 1. The summed E-state index contributed by atoms with van der Waals surface area (Å²) in [5, 5.41) is 3.06. The van der Waals surface area contributed by atoms with Crippen molar-refractivity contribution in [1.82, 2.24) is 5.32 Å². The van der Waals surface area contributed by atoms with Gasteiger partial charge in [-0.05, 0) is 68.4 Å². The third-order valence-electron chi connectivity index (χ3n) is 4.97. The Kier molecular flexibility index (Phi) is 5.82. The lowest BCUT2D eigenvalue weighted by Gasteiger charge is -2.22. The fourth-order valence-corrected chi connectivity index (χ4v) is 3.40. The SMILES string of the molecule is COc1ccccc1O[C@@H](C)C(=O)N[C@H](C)c1ccc2c(c1)CCCC2. The molecular formula is C22H27NO3. The minimum atomic E-state index is -0.605. The van der Waals surface area contributed by atoms with E-state index in [1.807, 2.05) is 25.1 Å². The Morgan fingerprint density at radius 3 is 2.42 bits per heavy atom. The molecular weight excluding hydrogens is 326 g/mol. The highest BCUT2D eigenvalue weighted by Gasteiger charge is 2.20. The summed E-state index contributed by atoms with van der Waals surface area (Å²) in [7, 11) is 1.59. The highest BCUT2D eigenvalue weighted by molar-refractivity contribution is 5.81. The number of hydrogen-bond donors (Lipinski definition) is 1. The maximum Gasteiger partial charge on any atom is 0.261 e. The number of rotatable bonds is 6. The second-order valence-electron chi connectivity index (χ2n) is 6.88. The minimum absolute atomic E-state index is 0.0570. The van der Waals surface area contributed by atoms with Crippen LogP contribution in [0.5, 0.6) is 11.5 Å². The van der Waals surface area contributed by atoms with Gasteiger partial charge in [0.15, 0.2) is 17.6 Å². The lowest BCUT2D eigenvalue weighted by molar-refractivity contribution is -0.127. The van der Waals surface area contributed by atoms with Crippen LogP contribution in [0.2, 0.25) is 0 Å². The summed E-state index contributed by atoms with van der Waals surface area (Å²) in [4.78, 5) is 12.5. The van der Waals surface area contributed by atoms with Gasteiger partial charge in [-0.3, -0.25) is 4.79 Å². The molecule has 2 aromatic rings. The van der Waals surface area contributed by atoms with E-state index >= 15 is 0 Å². The van der Waals surface area contributed by atoms with Gasteiger partial charge in [0.1, 0.15) is 0 Å². The lowest BCUT2D eigenvalue weighted by atomic mass is 9.89. The van der Waals surface area contributed by atoms with E-state index in [1.54, 1.807) is 20.1 Å². The highest BCUT2D eigenvalue weighted by atomic mass is 16.5. The molecule has 0 heterocycles. The Labute approximate surface area is 155 Å². The van der Waals surface area contributed by atoms with Crippen LogP contribution in [0, 0.1) is 0 Å². The van der Waals surface area contributed by atoms with Gasteiger partial charge < -0.3 is 14.8 Å². The zero-order valence-electron chi connectivity index (χ0n) is 15.7. The first-order valence-corrected chi connectivity index (χ1v) is 9.30. The number of fused-ring (bicyclic) bond motifs is 1. The third kappa shape index (κ3) is 4.18. The summed E-state index contributed by atoms with van der Waals surface area (Å²) >= 11 is 0. The topological polar surface area (TPSA) is 47.6 Å². The number of ether oxygens (including phenoxy) is 2. The van der Waals surface area contributed by atoms with Gasteiger partial charge in [-0.25, -0.2) is 0 Å². The van der Waals surface area contributed by atoms with Crippen molar-refractivity contribution in [2.24, 2.45) is 0 Å². The normalized spacial score (nSPS) is 15.5. The van der Waals surface area contributed by atoms with Crippen LogP contribution < -0.4 is 14.8 Å².